The van der Waals surface area contributed by atoms with Crippen molar-refractivity contribution < 1.29 is 14.8 Å². The van der Waals surface area contributed by atoms with Crippen LogP contribution in [0.15, 0.2) is 87.7 Å². The molecule has 7 nitrogen and oxygen atoms in total. The molecule has 0 bridgehead atoms. The van der Waals surface area contributed by atoms with E-state index in [2.05, 4.69) is 10.5 Å². The highest BCUT2D eigenvalue weighted by Crippen LogP contribution is 2.31. The maximum Gasteiger partial charge on any atom is 0.275 e. The average Bonchev–Trinajstić information content (AvgIpc) is 2.70. The van der Waals surface area contributed by atoms with E-state index in [0.29, 0.717) is 5.56 Å². The second-order valence-corrected chi connectivity index (χ2v) is 6.73. The molecule has 0 spiro atoms. The highest BCUT2D eigenvalue weighted by molar-refractivity contribution is 7.99. The largest absolute Gasteiger partial charge is 0.507 e. The van der Waals surface area contributed by atoms with Crippen molar-refractivity contribution in [2.45, 2.75) is 9.79 Å². The number of carbonyl (C=O) groups is 1. The fourth-order valence-electron chi connectivity index (χ4n) is 2.35. The number of phenolic OH excluding ortho intramolecular Hbond substituents is 1. The first-order valence-electron chi connectivity index (χ1n) is 8.17. The fourth-order valence-corrected chi connectivity index (χ4v) is 3.26. The number of nitro groups is 1. The van der Waals surface area contributed by atoms with Gasteiger partial charge in [0.05, 0.1) is 16.7 Å². The zero-order valence-corrected chi connectivity index (χ0v) is 15.3. The van der Waals surface area contributed by atoms with Crippen LogP contribution < -0.4 is 5.43 Å². The molecule has 0 saturated carbocycles. The molecule has 3 aromatic rings. The molecule has 8 heteroatoms. The Morgan fingerprint density at radius 1 is 1.07 bits per heavy atom. The minimum absolute atomic E-state index is 0.0779. The van der Waals surface area contributed by atoms with Crippen LogP contribution in [0.3, 0.4) is 0 Å². The van der Waals surface area contributed by atoms with Gasteiger partial charge in [0.25, 0.3) is 11.6 Å². The number of carbonyl (C=O) groups excluding carboxylic acids is 1. The Kier molecular flexibility index (Phi) is 6.03. The maximum atomic E-state index is 12.1. The number of hydrogen-bond acceptors (Lipinski definition) is 6. The Bertz CT molecular complexity index is 1040. The first-order valence-corrected chi connectivity index (χ1v) is 8.99. The van der Waals surface area contributed by atoms with E-state index in [1.807, 2.05) is 30.3 Å². The first-order chi connectivity index (χ1) is 13.5. The van der Waals surface area contributed by atoms with E-state index in [-0.39, 0.29) is 17.0 Å². The summed E-state index contributed by atoms with van der Waals surface area (Å²) in [6.45, 7) is 0. The number of benzene rings is 3. The molecular weight excluding hydrogens is 378 g/mol. The summed E-state index contributed by atoms with van der Waals surface area (Å²) in [5.74, 6) is -0.747. The zero-order valence-electron chi connectivity index (χ0n) is 14.5. The van der Waals surface area contributed by atoms with Crippen LogP contribution in [0.4, 0.5) is 5.69 Å². The van der Waals surface area contributed by atoms with Crippen LogP contribution in [-0.2, 0) is 0 Å². The van der Waals surface area contributed by atoms with Crippen LogP contribution >= 0.6 is 11.8 Å². The predicted molar refractivity (Wildman–Crippen MR) is 107 cm³/mol. The second kappa shape index (κ2) is 8.83. The van der Waals surface area contributed by atoms with Gasteiger partial charge in [0.2, 0.25) is 0 Å². The Morgan fingerprint density at radius 3 is 2.50 bits per heavy atom. The highest BCUT2D eigenvalue weighted by atomic mass is 32.2. The van der Waals surface area contributed by atoms with Crippen molar-refractivity contribution in [1.29, 1.82) is 0 Å². The van der Waals surface area contributed by atoms with Gasteiger partial charge in [-0.3, -0.25) is 14.9 Å². The molecule has 0 radical (unpaired) electrons. The van der Waals surface area contributed by atoms with E-state index in [1.165, 1.54) is 42.2 Å². The van der Waals surface area contributed by atoms with E-state index in [0.717, 1.165) is 9.79 Å². The summed E-state index contributed by atoms with van der Waals surface area (Å²) in [6, 6.07) is 20.1. The molecule has 0 unspecified atom stereocenters. The van der Waals surface area contributed by atoms with Gasteiger partial charge in [-0.25, -0.2) is 5.43 Å². The molecule has 0 saturated heterocycles. The van der Waals surface area contributed by atoms with Crippen LogP contribution in [-0.4, -0.2) is 22.2 Å². The van der Waals surface area contributed by atoms with Crippen molar-refractivity contribution in [3.63, 3.8) is 0 Å². The minimum atomic E-state index is -0.586. The number of rotatable bonds is 6. The van der Waals surface area contributed by atoms with Crippen molar-refractivity contribution >= 4 is 29.6 Å². The predicted octanol–water partition coefficient (Wildman–Crippen LogP) is 4.22. The van der Waals surface area contributed by atoms with Crippen LogP contribution in [0, 0.1) is 10.1 Å². The van der Waals surface area contributed by atoms with Gasteiger partial charge in [0.1, 0.15) is 5.75 Å². The van der Waals surface area contributed by atoms with Gasteiger partial charge in [0.15, 0.2) is 0 Å². The quantitative estimate of drug-likeness (QED) is 0.371. The molecule has 2 N–H and O–H groups in total. The van der Waals surface area contributed by atoms with Gasteiger partial charge in [0, 0.05) is 27.5 Å². The lowest BCUT2D eigenvalue weighted by molar-refractivity contribution is -0.384. The van der Waals surface area contributed by atoms with Crippen molar-refractivity contribution in [1.82, 2.24) is 5.43 Å². The molecule has 0 aliphatic rings. The molecule has 0 aliphatic carbocycles. The van der Waals surface area contributed by atoms with Gasteiger partial charge in [-0.2, -0.15) is 5.10 Å². The molecule has 28 heavy (non-hydrogen) atoms. The molecule has 0 aliphatic heterocycles. The van der Waals surface area contributed by atoms with Crippen LogP contribution in [0.25, 0.3) is 0 Å². The van der Waals surface area contributed by atoms with Crippen molar-refractivity contribution in [3.05, 3.63) is 94.0 Å². The molecule has 0 aromatic heterocycles. The van der Waals surface area contributed by atoms with E-state index in [1.54, 1.807) is 18.2 Å². The first kappa shape index (κ1) is 19.1. The van der Waals surface area contributed by atoms with Gasteiger partial charge in [-0.1, -0.05) is 42.1 Å². The Labute approximate surface area is 164 Å². The van der Waals surface area contributed by atoms with E-state index in [4.69, 9.17) is 0 Å². The lowest BCUT2D eigenvalue weighted by atomic mass is 10.2. The van der Waals surface area contributed by atoms with E-state index >= 15 is 0 Å². The molecule has 3 rings (SSSR count). The number of hydrogen-bond donors (Lipinski definition) is 2. The van der Waals surface area contributed by atoms with E-state index in [9.17, 15) is 20.0 Å². The normalized spacial score (nSPS) is 10.7. The number of nitrogens with zero attached hydrogens (tertiary/aromatic N) is 2. The lowest BCUT2D eigenvalue weighted by Gasteiger charge is -2.06. The standard InChI is InChI=1S/C20H15N3O4S/c24-18-9-5-4-8-17(18)20(25)22-21-13-14-12-15(23(26)27)10-11-19(14)28-16-6-2-1-3-7-16/h1-13,24H,(H,22,25)/b21-13+. The van der Waals surface area contributed by atoms with Crippen molar-refractivity contribution in [2.24, 2.45) is 5.10 Å². The summed E-state index contributed by atoms with van der Waals surface area (Å²) in [7, 11) is 0. The van der Waals surface area contributed by atoms with Crippen molar-refractivity contribution in [2.75, 3.05) is 0 Å². The van der Waals surface area contributed by atoms with Crippen molar-refractivity contribution in [3.8, 4) is 5.75 Å². The Balaban J connectivity index is 1.83. The minimum Gasteiger partial charge on any atom is -0.507 e. The molecule has 140 valence electrons. The summed E-state index contributed by atoms with van der Waals surface area (Å²) < 4.78 is 0. The van der Waals surface area contributed by atoms with Gasteiger partial charge in [-0.15, -0.1) is 0 Å². The summed E-state index contributed by atoms with van der Waals surface area (Å²) in [5.41, 5.74) is 2.81. The monoisotopic (exact) mass is 393 g/mol. The maximum absolute atomic E-state index is 12.1. The molecule has 3 aromatic carbocycles. The Morgan fingerprint density at radius 2 is 1.79 bits per heavy atom. The Hall–Kier alpha value is -3.65. The lowest BCUT2D eigenvalue weighted by Crippen LogP contribution is -2.17. The number of amides is 1. The number of para-hydroxylation sites is 1. The van der Waals surface area contributed by atoms with Gasteiger partial charge < -0.3 is 5.11 Å². The second-order valence-electron chi connectivity index (χ2n) is 5.61. The zero-order chi connectivity index (χ0) is 19.9. The fraction of sp³-hybridized carbons (Fsp3) is 0. The highest BCUT2D eigenvalue weighted by Gasteiger charge is 2.12. The number of non-ortho nitro benzene ring substituents is 1. The molecule has 0 atom stereocenters. The molecule has 0 heterocycles. The van der Waals surface area contributed by atoms with E-state index < -0.39 is 10.8 Å². The topological polar surface area (TPSA) is 105 Å². The number of aromatic hydroxyl groups is 1. The number of hydrazone groups is 1. The third kappa shape index (κ3) is 4.74. The number of nitrogens with one attached hydrogen (secondary N) is 1. The molecule has 1 amide bonds. The van der Waals surface area contributed by atoms with Crippen LogP contribution in [0.1, 0.15) is 15.9 Å². The van der Waals surface area contributed by atoms with Crippen LogP contribution in [0.2, 0.25) is 0 Å². The summed E-state index contributed by atoms with van der Waals surface area (Å²) in [5, 5.41) is 24.7. The number of nitro benzene ring substituents is 1. The summed E-state index contributed by atoms with van der Waals surface area (Å²) >= 11 is 1.43. The third-order valence-corrected chi connectivity index (χ3v) is 4.79. The molecule has 0 fully saturated rings. The smallest absolute Gasteiger partial charge is 0.275 e. The molecular formula is C20H15N3O4S. The van der Waals surface area contributed by atoms with Crippen LogP contribution in [0.5, 0.6) is 5.75 Å². The SMILES string of the molecule is O=C(N/N=C/c1cc([N+](=O)[O-])ccc1Sc1ccccc1)c1ccccc1O. The van der Waals surface area contributed by atoms with Gasteiger partial charge >= 0.3 is 0 Å². The summed E-state index contributed by atoms with van der Waals surface area (Å²) in [4.78, 5) is 24.4. The number of phenols is 1. The third-order valence-electron chi connectivity index (χ3n) is 3.69. The average molecular weight is 393 g/mol. The summed E-state index contributed by atoms with van der Waals surface area (Å²) in [6.07, 6.45) is 1.34. The van der Waals surface area contributed by atoms with Gasteiger partial charge in [-0.05, 0) is 30.3 Å².